The normalized spacial score (nSPS) is 20.5. The minimum absolute atomic E-state index is 0.181. The van der Waals surface area contributed by atoms with Crippen molar-refractivity contribution >= 4 is 17.2 Å². The molecule has 1 fully saturated rings. The predicted molar refractivity (Wildman–Crippen MR) is 88.0 cm³/mol. The van der Waals surface area contributed by atoms with Gasteiger partial charge in [0.2, 0.25) is 0 Å². The maximum absolute atomic E-state index is 13.0. The van der Waals surface area contributed by atoms with Crippen LogP contribution in [0.15, 0.2) is 5.51 Å². The Morgan fingerprint density at radius 3 is 2.71 bits per heavy atom. The van der Waals surface area contributed by atoms with Gasteiger partial charge in [0.25, 0.3) is 5.91 Å². The molecule has 1 unspecified atom stereocenters. The molecule has 0 aliphatic carbocycles. The summed E-state index contributed by atoms with van der Waals surface area (Å²) in [6, 6.07) is 0.318. The third-order valence-corrected chi connectivity index (χ3v) is 4.86. The van der Waals surface area contributed by atoms with Gasteiger partial charge in [-0.25, -0.2) is 4.98 Å². The Kier molecular flexibility index (Phi) is 5.38. The smallest absolute Gasteiger partial charge is 0.266 e. The second kappa shape index (κ2) is 6.88. The van der Waals surface area contributed by atoms with Crippen molar-refractivity contribution < 1.29 is 4.79 Å². The molecular formula is C16H27N3OS. The molecule has 0 bridgehead atoms. The topological polar surface area (TPSA) is 36.4 Å². The summed E-state index contributed by atoms with van der Waals surface area (Å²) in [6.07, 6.45) is 1.06. The largest absolute Gasteiger partial charge is 0.332 e. The molecule has 1 saturated heterocycles. The van der Waals surface area contributed by atoms with Crippen LogP contribution in [0.2, 0.25) is 0 Å². The minimum Gasteiger partial charge on any atom is -0.332 e. The van der Waals surface area contributed by atoms with Gasteiger partial charge in [0.05, 0.1) is 11.2 Å². The number of hydrogen-bond acceptors (Lipinski definition) is 4. The van der Waals surface area contributed by atoms with Crippen LogP contribution < -0.4 is 0 Å². The van der Waals surface area contributed by atoms with Crippen LogP contribution >= 0.6 is 11.3 Å². The molecule has 1 amide bonds. The summed E-state index contributed by atoms with van der Waals surface area (Å²) < 4.78 is 0. The Hall–Kier alpha value is -0.940. The van der Waals surface area contributed by atoms with Gasteiger partial charge < -0.3 is 9.80 Å². The number of likely N-dealkylation sites (N-methyl/N-ethyl adjacent to an activating group) is 1. The highest BCUT2D eigenvalue weighted by Crippen LogP contribution is 2.26. The first-order valence-electron chi connectivity index (χ1n) is 7.83. The van der Waals surface area contributed by atoms with E-state index in [1.165, 1.54) is 11.3 Å². The fourth-order valence-corrected chi connectivity index (χ4v) is 3.88. The molecule has 1 aromatic heterocycles. The number of rotatable bonds is 4. The molecule has 4 nitrogen and oxygen atoms in total. The molecule has 1 atom stereocenters. The van der Waals surface area contributed by atoms with Crippen LogP contribution in [0.25, 0.3) is 0 Å². The quantitative estimate of drug-likeness (QED) is 0.857. The van der Waals surface area contributed by atoms with Gasteiger partial charge in [0.1, 0.15) is 4.88 Å². The van der Waals surface area contributed by atoms with E-state index < -0.39 is 0 Å². The van der Waals surface area contributed by atoms with Crippen molar-refractivity contribution in [3.8, 4) is 0 Å². The molecule has 0 aromatic carbocycles. The second-order valence-corrected chi connectivity index (χ2v) is 7.62. The van der Waals surface area contributed by atoms with Gasteiger partial charge in [-0.1, -0.05) is 27.7 Å². The fourth-order valence-electron chi connectivity index (χ4n) is 2.98. The minimum atomic E-state index is 0.181. The van der Waals surface area contributed by atoms with E-state index in [1.54, 1.807) is 5.51 Å². The van der Waals surface area contributed by atoms with E-state index in [4.69, 9.17) is 0 Å². The van der Waals surface area contributed by atoms with Crippen LogP contribution in [0.1, 0.15) is 55.4 Å². The van der Waals surface area contributed by atoms with Crippen LogP contribution in [0.4, 0.5) is 0 Å². The lowest BCUT2D eigenvalue weighted by atomic mass is 9.99. The molecule has 118 valence electrons. The van der Waals surface area contributed by atoms with Crippen LogP contribution in [-0.4, -0.2) is 53.4 Å². The Balaban J connectivity index is 2.20. The first kappa shape index (κ1) is 16.4. The van der Waals surface area contributed by atoms with Crippen molar-refractivity contribution in [3.05, 3.63) is 16.1 Å². The maximum atomic E-state index is 13.0. The molecule has 1 aromatic rings. The van der Waals surface area contributed by atoms with Crippen LogP contribution in [0.5, 0.6) is 0 Å². The first-order chi connectivity index (χ1) is 9.90. The maximum Gasteiger partial charge on any atom is 0.266 e. The van der Waals surface area contributed by atoms with E-state index in [2.05, 4.69) is 49.5 Å². The van der Waals surface area contributed by atoms with Gasteiger partial charge in [-0.2, -0.15) is 0 Å². The predicted octanol–water partition coefficient (Wildman–Crippen LogP) is 3.07. The zero-order chi connectivity index (χ0) is 15.6. The Morgan fingerprint density at radius 1 is 1.38 bits per heavy atom. The summed E-state index contributed by atoms with van der Waals surface area (Å²) in [4.78, 5) is 22.6. The summed E-state index contributed by atoms with van der Waals surface area (Å²) in [6.45, 7) is 11.4. The Labute approximate surface area is 132 Å². The third kappa shape index (κ3) is 3.83. The van der Waals surface area contributed by atoms with Gasteiger partial charge in [-0.3, -0.25) is 4.79 Å². The molecule has 1 aliphatic heterocycles. The highest BCUT2D eigenvalue weighted by molar-refractivity contribution is 7.11. The van der Waals surface area contributed by atoms with E-state index in [-0.39, 0.29) is 5.91 Å². The molecule has 5 heteroatoms. The van der Waals surface area contributed by atoms with Gasteiger partial charge in [0, 0.05) is 25.7 Å². The molecule has 2 rings (SSSR count). The zero-order valence-corrected chi connectivity index (χ0v) is 14.6. The van der Waals surface area contributed by atoms with Crippen molar-refractivity contribution in [1.82, 2.24) is 14.8 Å². The highest BCUT2D eigenvalue weighted by atomic mass is 32.1. The molecule has 0 saturated carbocycles. The molecule has 2 heterocycles. The van der Waals surface area contributed by atoms with Crippen molar-refractivity contribution in [2.24, 2.45) is 5.92 Å². The number of amides is 1. The lowest BCUT2D eigenvalue weighted by Gasteiger charge is -2.40. The summed E-state index contributed by atoms with van der Waals surface area (Å²) in [7, 11) is 2.14. The molecular weight excluding hydrogens is 282 g/mol. The Bertz CT molecular complexity index is 482. The first-order valence-corrected chi connectivity index (χ1v) is 8.71. The van der Waals surface area contributed by atoms with Crippen molar-refractivity contribution in [1.29, 1.82) is 0 Å². The van der Waals surface area contributed by atoms with Gasteiger partial charge in [0.15, 0.2) is 0 Å². The van der Waals surface area contributed by atoms with Crippen LogP contribution in [0, 0.1) is 5.92 Å². The number of hydrogen-bond donors (Lipinski definition) is 0. The van der Waals surface area contributed by atoms with Crippen molar-refractivity contribution in [3.63, 3.8) is 0 Å². The lowest BCUT2D eigenvalue weighted by molar-refractivity contribution is 0.0463. The average Bonchev–Trinajstić information content (AvgIpc) is 2.86. The van der Waals surface area contributed by atoms with Crippen molar-refractivity contribution in [2.75, 3.05) is 26.7 Å². The number of carbonyl (C=O) groups is 1. The average molecular weight is 309 g/mol. The van der Waals surface area contributed by atoms with Crippen molar-refractivity contribution in [2.45, 2.75) is 46.1 Å². The lowest BCUT2D eigenvalue weighted by Crippen LogP contribution is -2.54. The van der Waals surface area contributed by atoms with Gasteiger partial charge in [-0.05, 0) is 25.3 Å². The molecule has 0 N–H and O–H groups in total. The molecule has 0 radical (unpaired) electrons. The van der Waals surface area contributed by atoms with Crippen LogP contribution in [0.3, 0.4) is 0 Å². The summed E-state index contributed by atoms with van der Waals surface area (Å²) >= 11 is 1.49. The van der Waals surface area contributed by atoms with E-state index in [9.17, 15) is 4.79 Å². The second-order valence-electron chi connectivity index (χ2n) is 6.77. The van der Waals surface area contributed by atoms with E-state index in [1.807, 2.05) is 0 Å². The van der Waals surface area contributed by atoms with E-state index in [0.29, 0.717) is 17.9 Å². The Morgan fingerprint density at radius 2 is 2.10 bits per heavy atom. The van der Waals surface area contributed by atoms with Gasteiger partial charge >= 0.3 is 0 Å². The molecule has 21 heavy (non-hydrogen) atoms. The molecule has 0 spiro atoms. The zero-order valence-electron chi connectivity index (χ0n) is 13.8. The summed E-state index contributed by atoms with van der Waals surface area (Å²) in [5.41, 5.74) is 2.75. The van der Waals surface area contributed by atoms with E-state index in [0.717, 1.165) is 36.6 Å². The third-order valence-electron chi connectivity index (χ3n) is 4.03. The monoisotopic (exact) mass is 309 g/mol. The van der Waals surface area contributed by atoms with Gasteiger partial charge in [-0.15, -0.1) is 11.3 Å². The standard InChI is InChI=1S/C16H27N3OS/c1-11(2)8-13-9-18(5)6-7-19(13)16(20)15-14(12(3)4)17-10-21-15/h10-13H,6-9H2,1-5H3. The van der Waals surface area contributed by atoms with Crippen LogP contribution in [-0.2, 0) is 0 Å². The summed E-state index contributed by atoms with van der Waals surface area (Å²) in [5, 5.41) is 0. The number of piperazine rings is 1. The number of carbonyl (C=O) groups excluding carboxylic acids is 1. The SMILES string of the molecule is CC(C)CC1CN(C)CCN1C(=O)c1scnc1C(C)C. The fraction of sp³-hybridized carbons (Fsp3) is 0.750. The molecule has 1 aliphatic rings. The number of nitrogens with zero attached hydrogens (tertiary/aromatic N) is 3. The highest BCUT2D eigenvalue weighted by Gasteiger charge is 2.32. The number of aromatic nitrogens is 1. The van der Waals surface area contributed by atoms with E-state index >= 15 is 0 Å². The number of thiazole rings is 1. The summed E-state index contributed by atoms with van der Waals surface area (Å²) in [5.74, 6) is 1.08.